The number of halogens is 1. The Morgan fingerprint density at radius 1 is 1.35 bits per heavy atom. The molecule has 0 saturated heterocycles. The molecule has 1 atom stereocenters. The molecule has 0 aliphatic heterocycles. The molecule has 5 nitrogen and oxygen atoms in total. The molecule has 108 valence electrons. The molecule has 0 aliphatic carbocycles. The topological polar surface area (TPSA) is 54.2 Å². The quantitative estimate of drug-likeness (QED) is 0.873. The predicted octanol–water partition coefficient (Wildman–Crippen LogP) is 1.88. The Morgan fingerprint density at radius 3 is 2.70 bits per heavy atom. The average Bonchev–Trinajstić information content (AvgIpc) is 2.78. The molecule has 0 spiro atoms. The second-order valence-corrected chi connectivity index (χ2v) is 5.83. The molecule has 2 rings (SSSR count). The average molecular weight is 339 g/mol. The van der Waals surface area contributed by atoms with Crippen LogP contribution in [0.2, 0.25) is 0 Å². The summed E-state index contributed by atoms with van der Waals surface area (Å²) in [4.78, 5) is 6.08. The Hall–Kier alpha value is -1.24. The fourth-order valence-electron chi connectivity index (χ4n) is 2.01. The second-order valence-electron chi connectivity index (χ2n) is 4.98. The normalized spacial score (nSPS) is 12.8. The van der Waals surface area contributed by atoms with Gasteiger partial charge in [-0.15, -0.1) is 0 Å². The van der Waals surface area contributed by atoms with Crippen molar-refractivity contribution in [3.63, 3.8) is 0 Å². The minimum atomic E-state index is -0.587. The summed E-state index contributed by atoms with van der Waals surface area (Å²) in [5, 5.41) is 14.8. The summed E-state index contributed by atoms with van der Waals surface area (Å²) in [5.74, 6) is 0. The molecule has 0 fully saturated rings. The monoisotopic (exact) mass is 338 g/mol. The fourth-order valence-corrected chi connectivity index (χ4v) is 2.58. The molecule has 0 aromatic carbocycles. The van der Waals surface area contributed by atoms with Crippen LogP contribution in [-0.2, 0) is 13.0 Å². The van der Waals surface area contributed by atoms with E-state index < -0.39 is 6.10 Å². The molecule has 0 amide bonds. The molecule has 0 saturated carbocycles. The number of aliphatic hydroxyl groups excluding tert-OH is 1. The summed E-state index contributed by atoms with van der Waals surface area (Å²) in [6, 6.07) is 3.83. The minimum absolute atomic E-state index is 0.550. The van der Waals surface area contributed by atoms with Crippen molar-refractivity contribution in [3.05, 3.63) is 46.5 Å². The zero-order valence-electron chi connectivity index (χ0n) is 11.7. The van der Waals surface area contributed by atoms with E-state index >= 15 is 0 Å². The number of hydrogen-bond donors (Lipinski definition) is 1. The van der Waals surface area contributed by atoms with Crippen LogP contribution in [0, 0.1) is 0 Å². The van der Waals surface area contributed by atoms with Gasteiger partial charge in [-0.05, 0) is 47.7 Å². The largest absolute Gasteiger partial charge is 0.386 e. The van der Waals surface area contributed by atoms with Gasteiger partial charge in [-0.1, -0.05) is 0 Å². The van der Waals surface area contributed by atoms with Crippen molar-refractivity contribution in [2.75, 3.05) is 20.6 Å². The van der Waals surface area contributed by atoms with Gasteiger partial charge in [0.2, 0.25) is 0 Å². The van der Waals surface area contributed by atoms with Crippen LogP contribution in [0.3, 0.4) is 0 Å². The zero-order chi connectivity index (χ0) is 14.5. The van der Waals surface area contributed by atoms with Crippen molar-refractivity contribution >= 4 is 15.9 Å². The molecule has 1 N–H and O–H groups in total. The van der Waals surface area contributed by atoms with Crippen LogP contribution < -0.4 is 0 Å². The number of likely N-dealkylation sites (N-methyl/N-ethyl adjacent to an activating group) is 1. The van der Waals surface area contributed by atoms with E-state index in [1.165, 1.54) is 0 Å². The van der Waals surface area contributed by atoms with Gasteiger partial charge in [0.25, 0.3) is 0 Å². The Balaban J connectivity index is 2.12. The first kappa shape index (κ1) is 15.2. The fraction of sp³-hybridized carbons (Fsp3) is 0.429. The number of pyridine rings is 1. The van der Waals surface area contributed by atoms with E-state index in [1.54, 1.807) is 18.6 Å². The third-order valence-corrected chi connectivity index (χ3v) is 3.70. The standard InChI is InChI=1S/C14H19BrN4O/c1-18(2)7-8-19-14(12(15)10-17-19)13(20)9-11-3-5-16-6-4-11/h3-6,10,13,20H,7-9H2,1-2H3. The molecule has 2 heterocycles. The third kappa shape index (κ3) is 3.88. The van der Waals surface area contributed by atoms with E-state index in [2.05, 4.69) is 30.9 Å². The van der Waals surface area contributed by atoms with Gasteiger partial charge in [-0.2, -0.15) is 5.10 Å². The van der Waals surface area contributed by atoms with Crippen molar-refractivity contribution < 1.29 is 5.11 Å². The van der Waals surface area contributed by atoms with E-state index in [0.29, 0.717) is 6.42 Å². The summed E-state index contributed by atoms with van der Waals surface area (Å²) in [6.07, 6.45) is 5.17. The lowest BCUT2D eigenvalue weighted by atomic mass is 10.1. The van der Waals surface area contributed by atoms with Crippen molar-refractivity contribution in [3.8, 4) is 0 Å². The maximum absolute atomic E-state index is 10.5. The predicted molar refractivity (Wildman–Crippen MR) is 81.4 cm³/mol. The van der Waals surface area contributed by atoms with Gasteiger partial charge in [-0.3, -0.25) is 9.67 Å². The maximum atomic E-state index is 10.5. The van der Waals surface area contributed by atoms with Crippen LogP contribution in [0.15, 0.2) is 35.2 Å². The van der Waals surface area contributed by atoms with Crippen LogP contribution in [0.25, 0.3) is 0 Å². The van der Waals surface area contributed by atoms with Crippen LogP contribution >= 0.6 is 15.9 Å². The smallest absolute Gasteiger partial charge is 0.101 e. The molecule has 2 aromatic heterocycles. The van der Waals surface area contributed by atoms with Gasteiger partial charge in [0.05, 0.1) is 22.9 Å². The first-order chi connectivity index (χ1) is 9.58. The van der Waals surface area contributed by atoms with Gasteiger partial charge >= 0.3 is 0 Å². The lowest BCUT2D eigenvalue weighted by Gasteiger charge is -2.16. The number of aromatic nitrogens is 3. The van der Waals surface area contributed by atoms with Gasteiger partial charge in [0.15, 0.2) is 0 Å². The summed E-state index contributed by atoms with van der Waals surface area (Å²) >= 11 is 3.47. The Kier molecular flexibility index (Phi) is 5.28. The van der Waals surface area contributed by atoms with Crippen molar-refractivity contribution in [2.24, 2.45) is 0 Å². The zero-order valence-corrected chi connectivity index (χ0v) is 13.3. The van der Waals surface area contributed by atoms with Gasteiger partial charge in [0, 0.05) is 25.4 Å². The Labute approximate surface area is 127 Å². The summed E-state index contributed by atoms with van der Waals surface area (Å²) in [5.41, 5.74) is 1.88. The highest BCUT2D eigenvalue weighted by Crippen LogP contribution is 2.25. The lowest BCUT2D eigenvalue weighted by Crippen LogP contribution is -2.21. The SMILES string of the molecule is CN(C)CCn1ncc(Br)c1C(O)Cc1ccncc1. The highest BCUT2D eigenvalue weighted by molar-refractivity contribution is 9.10. The van der Waals surface area contributed by atoms with E-state index in [9.17, 15) is 5.11 Å². The summed E-state index contributed by atoms with van der Waals surface area (Å²) in [6.45, 7) is 1.63. The molecule has 20 heavy (non-hydrogen) atoms. The molecular formula is C14H19BrN4O. The van der Waals surface area contributed by atoms with E-state index in [0.717, 1.165) is 28.8 Å². The van der Waals surface area contributed by atoms with Crippen molar-refractivity contribution in [1.82, 2.24) is 19.7 Å². The molecule has 0 bridgehead atoms. The van der Waals surface area contributed by atoms with Crippen LogP contribution in [-0.4, -0.2) is 45.4 Å². The van der Waals surface area contributed by atoms with E-state index in [-0.39, 0.29) is 0 Å². The molecule has 1 unspecified atom stereocenters. The van der Waals surface area contributed by atoms with Crippen molar-refractivity contribution in [2.45, 2.75) is 19.1 Å². The highest BCUT2D eigenvalue weighted by atomic mass is 79.9. The summed E-state index contributed by atoms with van der Waals surface area (Å²) in [7, 11) is 4.04. The van der Waals surface area contributed by atoms with Crippen molar-refractivity contribution in [1.29, 1.82) is 0 Å². The van der Waals surface area contributed by atoms with E-state index in [4.69, 9.17) is 0 Å². The number of nitrogens with zero attached hydrogens (tertiary/aromatic N) is 4. The first-order valence-electron chi connectivity index (χ1n) is 6.51. The lowest BCUT2D eigenvalue weighted by molar-refractivity contribution is 0.164. The molecule has 0 radical (unpaired) electrons. The minimum Gasteiger partial charge on any atom is -0.386 e. The van der Waals surface area contributed by atoms with Gasteiger partial charge in [-0.25, -0.2) is 0 Å². The second kappa shape index (κ2) is 6.97. The van der Waals surface area contributed by atoms with E-state index in [1.807, 2.05) is 30.9 Å². The Morgan fingerprint density at radius 2 is 2.05 bits per heavy atom. The first-order valence-corrected chi connectivity index (χ1v) is 7.30. The number of rotatable bonds is 6. The van der Waals surface area contributed by atoms with Crippen LogP contribution in [0.5, 0.6) is 0 Å². The molecule has 2 aromatic rings. The summed E-state index contributed by atoms with van der Waals surface area (Å²) < 4.78 is 2.70. The molecule has 6 heteroatoms. The van der Waals surface area contributed by atoms with Crippen LogP contribution in [0.1, 0.15) is 17.4 Å². The molecular weight excluding hydrogens is 320 g/mol. The van der Waals surface area contributed by atoms with Crippen LogP contribution in [0.4, 0.5) is 0 Å². The molecule has 0 aliphatic rings. The van der Waals surface area contributed by atoms with Gasteiger partial charge in [0.1, 0.15) is 6.10 Å². The third-order valence-electron chi connectivity index (χ3n) is 3.09. The number of hydrogen-bond acceptors (Lipinski definition) is 4. The van der Waals surface area contributed by atoms with Gasteiger partial charge < -0.3 is 10.0 Å². The number of aliphatic hydroxyl groups is 1. The maximum Gasteiger partial charge on any atom is 0.101 e. The Bertz CT molecular complexity index is 541. The highest BCUT2D eigenvalue weighted by Gasteiger charge is 2.18.